The Morgan fingerprint density at radius 1 is 1.27 bits per heavy atom. The van der Waals surface area contributed by atoms with Crippen LogP contribution in [0, 0.1) is 0 Å². The van der Waals surface area contributed by atoms with Gasteiger partial charge in [-0.2, -0.15) is 0 Å². The van der Waals surface area contributed by atoms with Gasteiger partial charge in [-0.25, -0.2) is 4.98 Å². The number of rotatable bonds is 5. The minimum absolute atomic E-state index is 0. The highest BCUT2D eigenvalue weighted by Crippen LogP contribution is 2.23. The number of ether oxygens (including phenoxy) is 1. The second kappa shape index (κ2) is 10.1. The van der Waals surface area contributed by atoms with E-state index in [4.69, 9.17) is 9.15 Å². The summed E-state index contributed by atoms with van der Waals surface area (Å²) in [6.45, 7) is 7.33. The molecule has 26 heavy (non-hydrogen) atoms. The van der Waals surface area contributed by atoms with Crippen molar-refractivity contribution in [2.45, 2.75) is 39.3 Å². The number of hydrogen-bond acceptors (Lipinski definition) is 4. The molecule has 0 amide bonds. The Morgan fingerprint density at radius 3 is 2.54 bits per heavy atom. The smallest absolute Gasteiger partial charge is 0.213 e. The number of halogens is 2. The minimum Gasteiger partial charge on any atom is -0.496 e. The quantitative estimate of drug-likeness (QED) is 0.340. The summed E-state index contributed by atoms with van der Waals surface area (Å²) in [5.41, 5.74) is 0.980. The molecule has 2 aromatic rings. The molecule has 0 aliphatic carbocycles. The Labute approximate surface area is 180 Å². The third-order valence-corrected chi connectivity index (χ3v) is 4.11. The Bertz CT molecular complexity index is 741. The van der Waals surface area contributed by atoms with Gasteiger partial charge in [-0.1, -0.05) is 36.7 Å². The number of oxazole rings is 1. The first-order valence-corrected chi connectivity index (χ1v) is 8.85. The summed E-state index contributed by atoms with van der Waals surface area (Å²) in [4.78, 5) is 8.53. The fourth-order valence-electron chi connectivity index (χ4n) is 2.18. The van der Waals surface area contributed by atoms with E-state index in [1.807, 2.05) is 18.2 Å². The summed E-state index contributed by atoms with van der Waals surface area (Å²) in [5, 5.41) is 6.47. The highest BCUT2D eigenvalue weighted by molar-refractivity contribution is 14.0. The predicted molar refractivity (Wildman–Crippen MR) is 118 cm³/mol. The lowest BCUT2D eigenvalue weighted by atomic mass is 9.94. The zero-order valence-electron chi connectivity index (χ0n) is 15.7. The van der Waals surface area contributed by atoms with Gasteiger partial charge in [0.15, 0.2) is 5.96 Å². The van der Waals surface area contributed by atoms with E-state index >= 15 is 0 Å². The molecule has 0 spiro atoms. The number of guanidine groups is 1. The number of nitrogens with one attached hydrogen (secondary N) is 2. The first-order valence-electron chi connectivity index (χ1n) is 8.05. The summed E-state index contributed by atoms with van der Waals surface area (Å²) in [6, 6.07) is 5.89. The van der Waals surface area contributed by atoms with E-state index in [-0.39, 0.29) is 29.4 Å². The van der Waals surface area contributed by atoms with Gasteiger partial charge < -0.3 is 19.8 Å². The van der Waals surface area contributed by atoms with Gasteiger partial charge in [0.05, 0.1) is 19.9 Å². The molecule has 1 aromatic carbocycles. The predicted octanol–water partition coefficient (Wildman–Crippen LogP) is 4.23. The van der Waals surface area contributed by atoms with E-state index in [0.717, 1.165) is 21.5 Å². The Balaban J connectivity index is 0.00000338. The molecule has 0 fully saturated rings. The summed E-state index contributed by atoms with van der Waals surface area (Å²) >= 11 is 3.48. The van der Waals surface area contributed by atoms with Crippen LogP contribution < -0.4 is 15.4 Å². The van der Waals surface area contributed by atoms with Crippen LogP contribution >= 0.6 is 39.9 Å². The molecule has 0 radical (unpaired) electrons. The lowest BCUT2D eigenvalue weighted by molar-refractivity contribution is 0.379. The maximum atomic E-state index is 5.78. The second-order valence-electron chi connectivity index (χ2n) is 6.60. The number of methoxy groups -OCH3 is 1. The molecular formula is C18H26BrIN4O2. The molecule has 0 aliphatic rings. The van der Waals surface area contributed by atoms with Gasteiger partial charge in [-0.15, -0.1) is 24.0 Å². The molecule has 0 aliphatic heterocycles. The van der Waals surface area contributed by atoms with Crippen LogP contribution in [-0.4, -0.2) is 25.1 Å². The van der Waals surface area contributed by atoms with Gasteiger partial charge in [0.1, 0.15) is 11.5 Å². The van der Waals surface area contributed by atoms with Gasteiger partial charge in [-0.05, 0) is 18.2 Å². The van der Waals surface area contributed by atoms with Crippen LogP contribution in [0.4, 0.5) is 0 Å². The molecule has 2 N–H and O–H groups in total. The molecule has 0 saturated heterocycles. The van der Waals surface area contributed by atoms with Crippen molar-refractivity contribution < 1.29 is 9.15 Å². The van der Waals surface area contributed by atoms with E-state index < -0.39 is 0 Å². The fraction of sp³-hybridized carbons (Fsp3) is 0.444. The van der Waals surface area contributed by atoms with E-state index in [1.165, 1.54) is 0 Å². The van der Waals surface area contributed by atoms with E-state index in [2.05, 4.69) is 57.3 Å². The molecule has 0 bridgehead atoms. The lowest BCUT2D eigenvalue weighted by Gasteiger charge is -2.14. The minimum atomic E-state index is -0.0531. The fourth-order valence-corrected chi connectivity index (χ4v) is 2.59. The van der Waals surface area contributed by atoms with Gasteiger partial charge in [0.25, 0.3) is 0 Å². The van der Waals surface area contributed by atoms with Crippen molar-refractivity contribution >= 4 is 45.9 Å². The molecule has 6 nitrogen and oxygen atoms in total. The Morgan fingerprint density at radius 2 is 1.96 bits per heavy atom. The van der Waals surface area contributed by atoms with Crippen molar-refractivity contribution in [2.75, 3.05) is 14.2 Å². The zero-order chi connectivity index (χ0) is 18.4. The highest BCUT2D eigenvalue weighted by Gasteiger charge is 2.19. The first kappa shape index (κ1) is 22.8. The van der Waals surface area contributed by atoms with Crippen LogP contribution in [0.5, 0.6) is 5.75 Å². The molecule has 0 unspecified atom stereocenters. The average molecular weight is 537 g/mol. The summed E-state index contributed by atoms with van der Waals surface area (Å²) in [7, 11) is 3.39. The van der Waals surface area contributed by atoms with Crippen LogP contribution in [-0.2, 0) is 18.5 Å². The normalized spacial score (nSPS) is 11.7. The monoisotopic (exact) mass is 536 g/mol. The number of hydrogen-bond donors (Lipinski definition) is 2. The number of aliphatic imine (C=N–C) groups is 1. The summed E-state index contributed by atoms with van der Waals surface area (Å²) in [5.74, 6) is 2.99. The van der Waals surface area contributed by atoms with Gasteiger partial charge in [-0.3, -0.25) is 4.99 Å². The topological polar surface area (TPSA) is 71.7 Å². The van der Waals surface area contributed by atoms with Gasteiger partial charge in [0, 0.05) is 29.0 Å². The Hall–Kier alpha value is -1.29. The zero-order valence-corrected chi connectivity index (χ0v) is 19.6. The van der Waals surface area contributed by atoms with Crippen molar-refractivity contribution in [3.8, 4) is 5.75 Å². The molecule has 0 saturated carbocycles. The van der Waals surface area contributed by atoms with E-state index in [1.54, 1.807) is 20.4 Å². The van der Waals surface area contributed by atoms with Crippen molar-refractivity contribution in [3.05, 3.63) is 46.1 Å². The van der Waals surface area contributed by atoms with E-state index in [0.29, 0.717) is 24.9 Å². The van der Waals surface area contributed by atoms with Crippen molar-refractivity contribution in [1.29, 1.82) is 0 Å². The van der Waals surface area contributed by atoms with Crippen molar-refractivity contribution in [3.63, 3.8) is 0 Å². The maximum absolute atomic E-state index is 5.78. The van der Waals surface area contributed by atoms with Crippen LogP contribution in [0.25, 0.3) is 0 Å². The standard InChI is InChI=1S/C18H25BrN4O2.HI/c1-18(2,3)15-10-21-16(25-15)11-23-17(20-4)22-9-12-8-13(19)6-7-14(12)24-5;/h6-8,10H,9,11H2,1-5H3,(H2,20,22,23);1H. The van der Waals surface area contributed by atoms with E-state index in [9.17, 15) is 0 Å². The molecule has 0 atom stereocenters. The van der Waals surface area contributed by atoms with Gasteiger partial charge in [0.2, 0.25) is 5.89 Å². The number of nitrogens with zero attached hydrogens (tertiary/aromatic N) is 2. The summed E-state index contributed by atoms with van der Waals surface area (Å²) in [6.07, 6.45) is 1.78. The largest absolute Gasteiger partial charge is 0.496 e. The van der Waals surface area contributed by atoms with Crippen LogP contribution in [0.2, 0.25) is 0 Å². The molecule has 1 aromatic heterocycles. The highest BCUT2D eigenvalue weighted by atomic mass is 127. The molecule has 8 heteroatoms. The second-order valence-corrected chi connectivity index (χ2v) is 7.52. The molecule has 1 heterocycles. The Kier molecular flexibility index (Phi) is 8.88. The SMILES string of the molecule is CN=C(NCc1ncc(C(C)(C)C)o1)NCc1cc(Br)ccc1OC.I. The van der Waals surface area contributed by atoms with Crippen molar-refractivity contribution in [2.24, 2.45) is 4.99 Å². The van der Waals surface area contributed by atoms with Crippen LogP contribution in [0.1, 0.15) is 38.0 Å². The van der Waals surface area contributed by atoms with Crippen LogP contribution in [0.3, 0.4) is 0 Å². The van der Waals surface area contributed by atoms with Gasteiger partial charge >= 0.3 is 0 Å². The van der Waals surface area contributed by atoms with Crippen LogP contribution in [0.15, 0.2) is 38.3 Å². The third kappa shape index (κ3) is 6.46. The van der Waals surface area contributed by atoms with Crippen molar-refractivity contribution in [1.82, 2.24) is 15.6 Å². The third-order valence-electron chi connectivity index (χ3n) is 3.61. The first-order chi connectivity index (χ1) is 11.8. The average Bonchev–Trinajstić information content (AvgIpc) is 3.04. The lowest BCUT2D eigenvalue weighted by Crippen LogP contribution is -2.36. The molecule has 144 valence electrons. The molecular weight excluding hydrogens is 511 g/mol. The summed E-state index contributed by atoms with van der Waals surface area (Å²) < 4.78 is 12.2. The maximum Gasteiger partial charge on any atom is 0.213 e. The molecule has 2 rings (SSSR count). The number of aromatic nitrogens is 1. The number of benzene rings is 1.